The number of carbonyl (C=O) groups excluding carboxylic acids is 1. The number of halogens is 2. The first kappa shape index (κ1) is 20.9. The summed E-state index contributed by atoms with van der Waals surface area (Å²) in [5, 5.41) is 13.3. The molecule has 4 rings (SSSR count). The van der Waals surface area contributed by atoms with Crippen LogP contribution in [0.2, 0.25) is 0 Å². The highest BCUT2D eigenvalue weighted by molar-refractivity contribution is 5.92. The zero-order chi connectivity index (χ0) is 22.7. The van der Waals surface area contributed by atoms with Gasteiger partial charge < -0.3 is 10.1 Å². The van der Waals surface area contributed by atoms with Gasteiger partial charge in [-0.1, -0.05) is 12.1 Å². The van der Waals surface area contributed by atoms with Gasteiger partial charge in [-0.25, -0.2) is 4.98 Å². The Labute approximate surface area is 180 Å². The van der Waals surface area contributed by atoms with E-state index in [-0.39, 0.29) is 18.1 Å². The number of amides is 1. The van der Waals surface area contributed by atoms with E-state index in [1.165, 1.54) is 24.3 Å². The van der Waals surface area contributed by atoms with Crippen molar-refractivity contribution in [2.45, 2.75) is 6.55 Å². The molecule has 1 heterocycles. The van der Waals surface area contributed by atoms with E-state index in [0.29, 0.717) is 28.0 Å². The molecule has 1 amide bonds. The van der Waals surface area contributed by atoms with Crippen LogP contribution in [-0.4, -0.2) is 27.0 Å². The van der Waals surface area contributed by atoms with Gasteiger partial charge >= 0.3 is 6.55 Å². The minimum atomic E-state index is -2.76. The molecule has 4 aromatic rings. The van der Waals surface area contributed by atoms with Gasteiger partial charge in [0, 0.05) is 23.4 Å². The average molecular weight is 438 g/mol. The average Bonchev–Trinajstić information content (AvgIpc) is 3.18. The zero-order valence-corrected chi connectivity index (χ0v) is 16.4. The molecule has 0 atom stereocenters. The van der Waals surface area contributed by atoms with Crippen molar-refractivity contribution in [1.82, 2.24) is 9.55 Å². The van der Waals surface area contributed by atoms with E-state index in [4.69, 9.17) is 4.74 Å². The second kappa shape index (κ2) is 8.80. The molecule has 0 fully saturated rings. The molecule has 0 aliphatic heterocycles. The Morgan fingerprint density at radius 2 is 1.75 bits per heavy atom. The van der Waals surface area contributed by atoms with Crippen molar-refractivity contribution in [2.75, 3.05) is 11.9 Å². The number of carbonyl (C=O) groups is 1. The number of ether oxygens (including phenoxy) is 1. The molecule has 0 aliphatic rings. The standard InChI is InChI=1S/C22H16F2N4O4/c23-22(24)27-19-4-2-1-3-18(19)26-21(27)14-5-7-15(8-6-14)25-20(29)13-32-17-11-9-16(10-12-17)28(30)31/h1-12,22H,13H2,(H,25,29). The Balaban J connectivity index is 1.43. The zero-order valence-electron chi connectivity index (χ0n) is 16.4. The first-order valence-corrected chi connectivity index (χ1v) is 9.45. The number of non-ortho nitro benzene ring substituents is 1. The number of anilines is 1. The van der Waals surface area contributed by atoms with E-state index < -0.39 is 17.4 Å². The molecule has 1 N–H and O–H groups in total. The summed E-state index contributed by atoms with van der Waals surface area (Å²) in [6.45, 7) is -3.06. The predicted molar refractivity (Wildman–Crippen MR) is 114 cm³/mol. The summed E-state index contributed by atoms with van der Waals surface area (Å²) in [7, 11) is 0. The third kappa shape index (κ3) is 4.38. The number of benzene rings is 3. The maximum Gasteiger partial charge on any atom is 0.320 e. The van der Waals surface area contributed by atoms with Crippen molar-refractivity contribution in [1.29, 1.82) is 0 Å². The van der Waals surface area contributed by atoms with E-state index >= 15 is 0 Å². The number of para-hydroxylation sites is 2. The van der Waals surface area contributed by atoms with Gasteiger partial charge in [0.15, 0.2) is 6.61 Å². The summed E-state index contributed by atoms with van der Waals surface area (Å²) in [5.41, 5.74) is 1.64. The van der Waals surface area contributed by atoms with E-state index in [2.05, 4.69) is 10.3 Å². The van der Waals surface area contributed by atoms with E-state index in [9.17, 15) is 23.7 Å². The molecule has 0 saturated heterocycles. The number of hydrogen-bond donors (Lipinski definition) is 1. The lowest BCUT2D eigenvalue weighted by Gasteiger charge is -2.10. The van der Waals surface area contributed by atoms with Crippen LogP contribution < -0.4 is 10.1 Å². The van der Waals surface area contributed by atoms with Crippen molar-refractivity contribution in [3.05, 3.63) is 82.9 Å². The van der Waals surface area contributed by atoms with Gasteiger partial charge in [0.05, 0.1) is 16.0 Å². The van der Waals surface area contributed by atoms with Gasteiger partial charge in [0.25, 0.3) is 11.6 Å². The summed E-state index contributed by atoms with van der Waals surface area (Å²) < 4.78 is 33.4. The number of nitrogens with zero attached hydrogens (tertiary/aromatic N) is 3. The predicted octanol–water partition coefficient (Wildman–Crippen LogP) is 5.02. The maximum atomic E-state index is 13.6. The largest absolute Gasteiger partial charge is 0.484 e. The number of rotatable bonds is 7. The van der Waals surface area contributed by atoms with Crippen molar-refractivity contribution in [2.24, 2.45) is 0 Å². The highest BCUT2D eigenvalue weighted by Gasteiger charge is 2.18. The van der Waals surface area contributed by atoms with E-state index in [0.717, 1.165) is 4.57 Å². The van der Waals surface area contributed by atoms with Crippen LogP contribution in [0.5, 0.6) is 5.75 Å². The van der Waals surface area contributed by atoms with Crippen molar-refractivity contribution in [3.63, 3.8) is 0 Å². The molecule has 3 aromatic carbocycles. The van der Waals surface area contributed by atoms with Crippen LogP contribution in [0.15, 0.2) is 72.8 Å². The summed E-state index contributed by atoms with van der Waals surface area (Å²) in [4.78, 5) is 26.5. The molecule has 1 aromatic heterocycles. The van der Waals surface area contributed by atoms with Gasteiger partial charge in [-0.3, -0.25) is 19.5 Å². The molecular formula is C22H16F2N4O4. The van der Waals surface area contributed by atoms with Gasteiger partial charge in [0.2, 0.25) is 0 Å². The Hall–Kier alpha value is -4.34. The molecule has 0 spiro atoms. The fraction of sp³-hybridized carbons (Fsp3) is 0.0909. The second-order valence-electron chi connectivity index (χ2n) is 6.74. The van der Waals surface area contributed by atoms with E-state index in [1.54, 1.807) is 48.5 Å². The monoisotopic (exact) mass is 438 g/mol. The van der Waals surface area contributed by atoms with Crippen LogP contribution in [0.25, 0.3) is 22.4 Å². The molecule has 8 nitrogen and oxygen atoms in total. The summed E-state index contributed by atoms with van der Waals surface area (Å²) in [5.74, 6) is -0.0106. The van der Waals surface area contributed by atoms with Crippen LogP contribution in [0.1, 0.15) is 6.55 Å². The highest BCUT2D eigenvalue weighted by atomic mass is 19.3. The van der Waals surface area contributed by atoms with Gasteiger partial charge in [0.1, 0.15) is 11.6 Å². The summed E-state index contributed by atoms with van der Waals surface area (Å²) in [6.07, 6.45) is 0. The SMILES string of the molecule is O=C(COc1ccc([N+](=O)[O-])cc1)Nc1ccc(-c2nc3ccccc3n2C(F)F)cc1. The number of fused-ring (bicyclic) bond motifs is 1. The first-order chi connectivity index (χ1) is 15.4. The lowest BCUT2D eigenvalue weighted by molar-refractivity contribution is -0.384. The number of hydrogen-bond acceptors (Lipinski definition) is 5. The van der Waals surface area contributed by atoms with Crippen LogP contribution >= 0.6 is 0 Å². The topological polar surface area (TPSA) is 99.3 Å². The quantitative estimate of drug-likeness (QED) is 0.323. The maximum absolute atomic E-state index is 13.6. The van der Waals surface area contributed by atoms with Gasteiger partial charge in [-0.2, -0.15) is 8.78 Å². The first-order valence-electron chi connectivity index (χ1n) is 9.45. The van der Waals surface area contributed by atoms with Gasteiger partial charge in [-0.15, -0.1) is 0 Å². The molecule has 0 bridgehead atoms. The van der Waals surface area contributed by atoms with Gasteiger partial charge in [-0.05, 0) is 48.5 Å². The minimum absolute atomic E-state index is 0.0812. The number of nitrogens with one attached hydrogen (secondary N) is 1. The summed E-state index contributed by atoms with van der Waals surface area (Å²) >= 11 is 0. The van der Waals surface area contributed by atoms with Crippen LogP contribution in [0.4, 0.5) is 20.2 Å². The molecular weight excluding hydrogens is 422 g/mol. The number of alkyl halides is 2. The molecule has 0 aliphatic carbocycles. The van der Waals surface area contributed by atoms with Crippen LogP contribution in [0, 0.1) is 10.1 Å². The summed E-state index contributed by atoms with van der Waals surface area (Å²) in [6, 6.07) is 18.3. The number of imidazole rings is 1. The fourth-order valence-electron chi connectivity index (χ4n) is 3.16. The Bertz CT molecular complexity index is 1270. The Morgan fingerprint density at radius 3 is 2.41 bits per heavy atom. The molecule has 10 heteroatoms. The fourth-order valence-corrected chi connectivity index (χ4v) is 3.16. The Kier molecular flexibility index (Phi) is 5.75. The minimum Gasteiger partial charge on any atom is -0.484 e. The molecule has 0 radical (unpaired) electrons. The van der Waals surface area contributed by atoms with Crippen LogP contribution in [-0.2, 0) is 4.79 Å². The van der Waals surface area contributed by atoms with Crippen molar-refractivity contribution in [3.8, 4) is 17.1 Å². The van der Waals surface area contributed by atoms with E-state index in [1.807, 2.05) is 0 Å². The van der Waals surface area contributed by atoms with Crippen molar-refractivity contribution < 1.29 is 23.2 Å². The normalized spacial score (nSPS) is 11.0. The lowest BCUT2D eigenvalue weighted by atomic mass is 10.2. The smallest absolute Gasteiger partial charge is 0.320 e. The second-order valence-corrected chi connectivity index (χ2v) is 6.74. The van der Waals surface area contributed by atoms with Crippen LogP contribution in [0.3, 0.4) is 0 Å². The molecule has 0 saturated carbocycles. The lowest BCUT2D eigenvalue weighted by Crippen LogP contribution is -2.20. The van der Waals surface area contributed by atoms with Crippen molar-refractivity contribution >= 4 is 28.3 Å². The highest BCUT2D eigenvalue weighted by Crippen LogP contribution is 2.30. The molecule has 32 heavy (non-hydrogen) atoms. The third-order valence-electron chi connectivity index (χ3n) is 4.64. The third-order valence-corrected chi connectivity index (χ3v) is 4.64. The molecule has 0 unspecified atom stereocenters. The number of nitro groups is 1. The number of nitro benzene ring substituents is 1. The Morgan fingerprint density at radius 1 is 1.06 bits per heavy atom. The number of aromatic nitrogens is 2. The molecule has 162 valence electrons.